The molecule has 0 atom stereocenters. The summed E-state index contributed by atoms with van der Waals surface area (Å²) in [6, 6.07) is 108. The maximum absolute atomic E-state index is 2.88. The third-order valence-corrected chi connectivity index (χ3v) is 22.7. The third-order valence-electron chi connectivity index (χ3n) is 17.9. The van der Waals surface area contributed by atoms with Crippen LogP contribution < -0.4 is 20.7 Å². The fraction of sp³-hybridized carbons (Fsp3) is 0.100. The van der Waals surface area contributed by atoms with Crippen LogP contribution in [0.15, 0.2) is 285 Å². The molecule has 404 valence electrons. The van der Waals surface area contributed by atoms with Gasteiger partial charge in [0.2, 0.25) is 0 Å². The zero-order valence-corrected chi connectivity index (χ0v) is 49.5. The van der Waals surface area contributed by atoms with Crippen molar-refractivity contribution in [2.24, 2.45) is 0 Å². The number of benzene rings is 12. The van der Waals surface area contributed by atoms with Gasteiger partial charge >= 0.3 is 0 Å². The van der Waals surface area contributed by atoms with E-state index in [2.05, 4.69) is 340 Å². The summed E-state index contributed by atoms with van der Waals surface area (Å²) in [6.45, 7) is 13.9. The molecule has 4 heteroatoms. The molecule has 15 rings (SSSR count). The average Bonchev–Trinajstić information content (AvgIpc) is 3.05. The van der Waals surface area contributed by atoms with Gasteiger partial charge in [0.1, 0.15) is 0 Å². The molecule has 0 unspecified atom stereocenters. The molecular formula is C80H65N3Si. The molecule has 0 aliphatic rings. The highest BCUT2D eigenvalue weighted by molar-refractivity contribution is 7.19. The molecule has 0 saturated heterocycles. The molecule has 15 aromatic rings. The molecule has 3 nitrogen and oxygen atoms in total. The van der Waals surface area contributed by atoms with Gasteiger partial charge in [0, 0.05) is 49.4 Å². The van der Waals surface area contributed by atoms with Crippen LogP contribution in [0.1, 0.15) is 52.7 Å². The fourth-order valence-corrected chi connectivity index (χ4v) is 18.4. The smallest absolute Gasteiger partial charge is 0.179 e. The first kappa shape index (κ1) is 51.2. The minimum absolute atomic E-state index is 0.00379. The number of rotatable bonds is 9. The topological polar surface area (TPSA) is 14.8 Å². The van der Waals surface area contributed by atoms with Gasteiger partial charge in [-0.25, -0.2) is 0 Å². The highest BCUT2D eigenvalue weighted by atomic mass is 28.3. The van der Waals surface area contributed by atoms with Gasteiger partial charge in [-0.05, 0) is 162 Å². The van der Waals surface area contributed by atoms with Crippen LogP contribution in [0.2, 0.25) is 0 Å². The lowest BCUT2D eigenvalue weighted by Crippen LogP contribution is -2.74. The zero-order valence-electron chi connectivity index (χ0n) is 48.5. The molecule has 0 bridgehead atoms. The quantitative estimate of drug-likeness (QED) is 0.101. The lowest BCUT2D eigenvalue weighted by molar-refractivity contribution is 0.590. The lowest BCUT2D eigenvalue weighted by atomic mass is 9.85. The minimum Gasteiger partial charge on any atom is -0.309 e. The van der Waals surface area contributed by atoms with Gasteiger partial charge in [-0.2, -0.15) is 0 Å². The van der Waals surface area contributed by atoms with Gasteiger partial charge < -0.3 is 13.7 Å². The van der Waals surface area contributed by atoms with Gasteiger partial charge in [-0.1, -0.05) is 230 Å². The fourth-order valence-electron chi connectivity index (χ4n) is 13.7. The summed E-state index contributed by atoms with van der Waals surface area (Å²) in [5, 5.41) is 12.8. The molecule has 0 spiro atoms. The molecule has 3 aromatic heterocycles. The summed E-state index contributed by atoms with van der Waals surface area (Å²) in [5.74, 6) is 0. The van der Waals surface area contributed by atoms with E-state index in [1.807, 2.05) is 0 Å². The Morgan fingerprint density at radius 2 is 0.524 bits per heavy atom. The highest BCUT2D eigenvalue weighted by Crippen LogP contribution is 2.43. The van der Waals surface area contributed by atoms with Crippen molar-refractivity contribution in [3.05, 3.63) is 296 Å². The normalized spacial score (nSPS) is 12.4. The monoisotopic (exact) mass is 1100 g/mol. The molecule has 0 radical (unpaired) electrons. The molecule has 0 fully saturated rings. The first-order chi connectivity index (χ1) is 40.9. The molecule has 3 heterocycles. The molecule has 84 heavy (non-hydrogen) atoms. The Bertz CT molecular complexity index is 4730. The number of fused-ring (bicyclic) bond motifs is 9. The van der Waals surface area contributed by atoms with E-state index in [9.17, 15) is 0 Å². The molecule has 0 N–H and O–H groups in total. The van der Waals surface area contributed by atoms with Crippen LogP contribution in [0, 0.1) is 0 Å². The summed E-state index contributed by atoms with van der Waals surface area (Å²) < 4.78 is 7.54. The van der Waals surface area contributed by atoms with Crippen molar-refractivity contribution in [3.8, 4) is 39.3 Å². The second-order valence-corrected chi connectivity index (χ2v) is 28.8. The van der Waals surface area contributed by atoms with Crippen LogP contribution in [-0.4, -0.2) is 21.8 Å². The van der Waals surface area contributed by atoms with E-state index in [1.165, 1.54) is 109 Å². The van der Waals surface area contributed by atoms with Crippen molar-refractivity contribution in [1.29, 1.82) is 0 Å². The van der Waals surface area contributed by atoms with Gasteiger partial charge in [0.05, 0.1) is 33.1 Å². The number of aromatic nitrogens is 3. The van der Waals surface area contributed by atoms with Crippen LogP contribution in [0.25, 0.3) is 105 Å². The van der Waals surface area contributed by atoms with Crippen molar-refractivity contribution >= 4 is 94.2 Å². The zero-order chi connectivity index (χ0) is 56.9. The first-order valence-corrected chi connectivity index (χ1v) is 31.6. The van der Waals surface area contributed by atoms with E-state index < -0.39 is 8.07 Å². The van der Waals surface area contributed by atoms with E-state index in [0.29, 0.717) is 0 Å². The Balaban J connectivity index is 1.01. The summed E-state index contributed by atoms with van der Waals surface area (Å²) >= 11 is 0. The lowest BCUT2D eigenvalue weighted by Gasteiger charge is -2.34. The van der Waals surface area contributed by atoms with Gasteiger partial charge in [0.15, 0.2) is 8.07 Å². The number of hydrogen-bond acceptors (Lipinski definition) is 0. The Labute approximate surface area is 493 Å². The standard InChI is InChI=1S/C80H65N3Si/c1-79(2,3)58-37-43-75-69(49-58)70-50-59(80(4,5)6)38-44-76(70)83(75)62-40-46-78-72(53-62)71-52-61(82-73-41-35-56(54-23-12-7-13-24-54)47-67(73)68-48-57(36-42-74(68)82)55-25-14-8-15-26-55)39-45-77(71)81(78)60-27-22-34-66(51-60)84(63-28-16-9-17-29-63,64-30-18-10-19-31-64)65-32-20-11-21-33-65/h7-53H,1-6H3. The molecule has 0 saturated carbocycles. The van der Waals surface area contributed by atoms with Crippen LogP contribution in [0.3, 0.4) is 0 Å². The summed E-state index contributed by atoms with van der Waals surface area (Å²) in [6.07, 6.45) is 0. The first-order valence-electron chi connectivity index (χ1n) is 29.6. The summed E-state index contributed by atoms with van der Waals surface area (Å²) in [4.78, 5) is 0. The minimum atomic E-state index is -2.88. The number of nitrogens with zero attached hydrogens (tertiary/aromatic N) is 3. The predicted molar refractivity (Wildman–Crippen MR) is 361 cm³/mol. The molecule has 12 aromatic carbocycles. The molecular weight excluding hydrogens is 1030 g/mol. The third kappa shape index (κ3) is 8.30. The second kappa shape index (κ2) is 19.7. The van der Waals surface area contributed by atoms with E-state index in [4.69, 9.17) is 0 Å². The SMILES string of the molecule is CC(C)(C)c1ccc2c(c1)c1cc(C(C)(C)C)ccc1n2-c1ccc2c(c1)c1cc(-n3c4ccc(-c5ccccc5)cc4c4cc(-c5ccccc5)ccc43)ccc1n2-c1cccc([Si](c2ccccc2)(c2ccccc2)c2ccccc2)c1. The average molecular weight is 1100 g/mol. The van der Waals surface area contributed by atoms with Gasteiger partial charge in [-0.3, -0.25) is 0 Å². The second-order valence-electron chi connectivity index (χ2n) is 25.0. The van der Waals surface area contributed by atoms with E-state index >= 15 is 0 Å². The van der Waals surface area contributed by atoms with Crippen LogP contribution in [0.4, 0.5) is 0 Å². The Morgan fingerprint density at radius 1 is 0.226 bits per heavy atom. The Kier molecular flexibility index (Phi) is 12.0. The molecule has 0 aliphatic carbocycles. The molecule has 0 aliphatic heterocycles. The van der Waals surface area contributed by atoms with Gasteiger partial charge in [-0.15, -0.1) is 0 Å². The van der Waals surface area contributed by atoms with Crippen LogP contribution >= 0.6 is 0 Å². The Hall–Kier alpha value is -9.74. The maximum atomic E-state index is 2.53. The van der Waals surface area contributed by atoms with Crippen molar-refractivity contribution in [3.63, 3.8) is 0 Å². The van der Waals surface area contributed by atoms with E-state index in [-0.39, 0.29) is 10.8 Å². The van der Waals surface area contributed by atoms with Crippen LogP contribution in [0.5, 0.6) is 0 Å². The summed E-state index contributed by atoms with van der Waals surface area (Å²) in [7, 11) is -2.88. The van der Waals surface area contributed by atoms with E-state index in [0.717, 1.165) is 28.1 Å². The molecule has 0 amide bonds. The van der Waals surface area contributed by atoms with E-state index in [1.54, 1.807) is 0 Å². The summed E-state index contributed by atoms with van der Waals surface area (Å²) in [5.41, 5.74) is 17.9. The predicted octanol–water partition coefficient (Wildman–Crippen LogP) is 18.3. The van der Waals surface area contributed by atoms with Crippen molar-refractivity contribution in [1.82, 2.24) is 13.7 Å². The van der Waals surface area contributed by atoms with Crippen LogP contribution in [-0.2, 0) is 10.8 Å². The largest absolute Gasteiger partial charge is 0.309 e. The highest BCUT2D eigenvalue weighted by Gasteiger charge is 2.41. The van der Waals surface area contributed by atoms with Crippen molar-refractivity contribution in [2.45, 2.75) is 52.4 Å². The van der Waals surface area contributed by atoms with Crippen molar-refractivity contribution in [2.75, 3.05) is 0 Å². The van der Waals surface area contributed by atoms with Gasteiger partial charge in [0.25, 0.3) is 0 Å². The number of hydrogen-bond donors (Lipinski definition) is 0. The Morgan fingerprint density at radius 3 is 0.893 bits per heavy atom. The van der Waals surface area contributed by atoms with Crippen molar-refractivity contribution < 1.29 is 0 Å². The maximum Gasteiger partial charge on any atom is 0.179 e.